The number of hydrogen-bond acceptors (Lipinski definition) is 3. The lowest BCUT2D eigenvalue weighted by atomic mass is 10.0. The van der Waals surface area contributed by atoms with E-state index in [-0.39, 0.29) is 30.8 Å². The highest BCUT2D eigenvalue weighted by Crippen LogP contribution is 2.14. The first-order valence-electron chi connectivity index (χ1n) is 7.92. The number of nitrogens with one attached hydrogen (secondary N) is 2. The third-order valence-corrected chi connectivity index (χ3v) is 3.73. The molecule has 25 heavy (non-hydrogen) atoms. The first-order chi connectivity index (χ1) is 11.6. The van der Waals surface area contributed by atoms with Gasteiger partial charge in [-0.1, -0.05) is 48.5 Å². The maximum Gasteiger partial charge on any atom is 0.249 e. The maximum absolute atomic E-state index is 12.9. The van der Waals surface area contributed by atoms with Gasteiger partial charge in [0, 0.05) is 19.2 Å². The number of carbonyl (C=O) groups excluding carboxylic acids is 2. The summed E-state index contributed by atoms with van der Waals surface area (Å²) in [6, 6.07) is 18.5. The first-order valence-corrected chi connectivity index (χ1v) is 7.92. The van der Waals surface area contributed by atoms with Crippen LogP contribution in [0.25, 0.3) is 0 Å². The molecule has 2 aromatic carbocycles. The number of para-hydroxylation sites is 1. The Morgan fingerprint density at radius 2 is 1.56 bits per heavy atom. The summed E-state index contributed by atoms with van der Waals surface area (Å²) in [5.41, 5.74) is 1.80. The van der Waals surface area contributed by atoms with Crippen LogP contribution in [0, 0.1) is 0 Å². The Hall–Kier alpha value is -2.37. The Morgan fingerprint density at radius 3 is 2.12 bits per heavy atom. The molecule has 0 unspecified atom stereocenters. The molecule has 2 N–H and O–H groups in total. The molecule has 2 aromatic rings. The summed E-state index contributed by atoms with van der Waals surface area (Å²) in [6.45, 7) is 0.174. The van der Waals surface area contributed by atoms with Gasteiger partial charge in [-0.05, 0) is 24.7 Å². The molecule has 0 radical (unpaired) electrons. The molecule has 2 rings (SSSR count). The van der Waals surface area contributed by atoms with Gasteiger partial charge in [0.15, 0.2) is 0 Å². The SMILES string of the molecule is CNCC(=O)N[C@@H](Cc1ccccc1)C(=O)N(C)c1ccccc1.Cl. The molecule has 6 heteroatoms. The molecular formula is C19H24ClN3O2. The van der Waals surface area contributed by atoms with E-state index in [1.165, 1.54) is 0 Å². The third-order valence-electron chi connectivity index (χ3n) is 3.73. The topological polar surface area (TPSA) is 61.4 Å². The van der Waals surface area contributed by atoms with Gasteiger partial charge in [0.25, 0.3) is 0 Å². The van der Waals surface area contributed by atoms with Crippen LogP contribution in [0.15, 0.2) is 60.7 Å². The molecule has 0 spiro atoms. The highest BCUT2D eigenvalue weighted by molar-refractivity contribution is 5.99. The summed E-state index contributed by atoms with van der Waals surface area (Å²) in [5.74, 6) is -0.345. The molecule has 5 nitrogen and oxygen atoms in total. The Morgan fingerprint density at radius 1 is 1.00 bits per heavy atom. The van der Waals surface area contributed by atoms with E-state index < -0.39 is 6.04 Å². The smallest absolute Gasteiger partial charge is 0.249 e. The molecule has 0 aliphatic heterocycles. The lowest BCUT2D eigenvalue weighted by Crippen LogP contribution is -2.50. The Kier molecular flexibility index (Phi) is 8.67. The van der Waals surface area contributed by atoms with E-state index in [1.54, 1.807) is 19.0 Å². The van der Waals surface area contributed by atoms with Crippen molar-refractivity contribution in [3.8, 4) is 0 Å². The predicted molar refractivity (Wildman–Crippen MR) is 103 cm³/mol. The van der Waals surface area contributed by atoms with Crippen molar-refractivity contribution < 1.29 is 9.59 Å². The summed E-state index contributed by atoms with van der Waals surface area (Å²) in [7, 11) is 3.42. The van der Waals surface area contributed by atoms with E-state index in [9.17, 15) is 9.59 Å². The molecule has 0 aliphatic carbocycles. The number of halogens is 1. The quantitative estimate of drug-likeness (QED) is 0.793. The summed E-state index contributed by atoms with van der Waals surface area (Å²) in [5, 5.41) is 5.62. The minimum absolute atomic E-state index is 0. The Balaban J connectivity index is 0.00000312. The van der Waals surface area contributed by atoms with Gasteiger partial charge in [-0.3, -0.25) is 9.59 Å². The molecule has 1 atom stereocenters. The number of carbonyl (C=O) groups is 2. The fourth-order valence-corrected chi connectivity index (χ4v) is 2.47. The van der Waals surface area contributed by atoms with Gasteiger partial charge in [0.1, 0.15) is 6.04 Å². The monoisotopic (exact) mass is 361 g/mol. The molecule has 0 saturated heterocycles. The van der Waals surface area contributed by atoms with E-state index in [1.807, 2.05) is 60.7 Å². The highest BCUT2D eigenvalue weighted by Gasteiger charge is 2.24. The minimum atomic E-state index is -0.613. The number of benzene rings is 2. The predicted octanol–water partition coefficient (Wildman–Crippen LogP) is 2.02. The zero-order valence-corrected chi connectivity index (χ0v) is 15.3. The fourth-order valence-electron chi connectivity index (χ4n) is 2.47. The molecule has 0 bridgehead atoms. The van der Waals surface area contributed by atoms with Gasteiger partial charge in [-0.25, -0.2) is 0 Å². The lowest BCUT2D eigenvalue weighted by Gasteiger charge is -2.25. The normalized spacial score (nSPS) is 11.1. The zero-order chi connectivity index (χ0) is 17.4. The van der Waals surface area contributed by atoms with Gasteiger partial charge in [-0.15, -0.1) is 12.4 Å². The summed E-state index contributed by atoms with van der Waals surface area (Å²) >= 11 is 0. The fraction of sp³-hybridized carbons (Fsp3) is 0.263. The second-order valence-corrected chi connectivity index (χ2v) is 5.57. The number of hydrogen-bond donors (Lipinski definition) is 2. The number of likely N-dealkylation sites (N-methyl/N-ethyl adjacent to an activating group) is 2. The van der Waals surface area contributed by atoms with Gasteiger partial charge in [0.2, 0.25) is 11.8 Å². The molecular weight excluding hydrogens is 338 g/mol. The standard InChI is InChI=1S/C19H23N3O2.ClH/c1-20-14-18(23)21-17(13-15-9-5-3-6-10-15)19(24)22(2)16-11-7-4-8-12-16;/h3-12,17,20H,13-14H2,1-2H3,(H,21,23);1H/t17-;/m0./s1. The van der Waals surface area contributed by atoms with E-state index in [2.05, 4.69) is 10.6 Å². The Bertz CT molecular complexity index is 665. The molecule has 0 saturated carbocycles. The van der Waals surface area contributed by atoms with Crippen LogP contribution in [0.3, 0.4) is 0 Å². The molecule has 0 aromatic heterocycles. The lowest BCUT2D eigenvalue weighted by molar-refractivity contribution is -0.126. The average Bonchev–Trinajstić information content (AvgIpc) is 2.62. The van der Waals surface area contributed by atoms with E-state index >= 15 is 0 Å². The van der Waals surface area contributed by atoms with Crippen molar-refractivity contribution >= 4 is 29.9 Å². The minimum Gasteiger partial charge on any atom is -0.343 e. The zero-order valence-electron chi connectivity index (χ0n) is 14.4. The van der Waals surface area contributed by atoms with Crippen molar-refractivity contribution in [2.24, 2.45) is 0 Å². The van der Waals surface area contributed by atoms with Crippen molar-refractivity contribution in [3.63, 3.8) is 0 Å². The van der Waals surface area contributed by atoms with Crippen LogP contribution in [0.2, 0.25) is 0 Å². The van der Waals surface area contributed by atoms with Crippen LogP contribution >= 0.6 is 12.4 Å². The van der Waals surface area contributed by atoms with Crippen LogP contribution in [0.1, 0.15) is 5.56 Å². The molecule has 134 valence electrons. The van der Waals surface area contributed by atoms with Crippen molar-refractivity contribution in [2.45, 2.75) is 12.5 Å². The summed E-state index contributed by atoms with van der Waals surface area (Å²) in [4.78, 5) is 26.4. The van der Waals surface area contributed by atoms with Crippen LogP contribution in [0.4, 0.5) is 5.69 Å². The van der Waals surface area contributed by atoms with Gasteiger partial charge in [0.05, 0.1) is 6.54 Å². The van der Waals surface area contributed by atoms with Gasteiger partial charge < -0.3 is 15.5 Å². The van der Waals surface area contributed by atoms with Crippen molar-refractivity contribution in [2.75, 3.05) is 25.5 Å². The average molecular weight is 362 g/mol. The molecule has 2 amide bonds. The van der Waals surface area contributed by atoms with Crippen LogP contribution in [-0.4, -0.2) is 38.5 Å². The van der Waals surface area contributed by atoms with E-state index in [0.29, 0.717) is 6.42 Å². The second kappa shape index (κ2) is 10.5. The number of nitrogens with zero attached hydrogens (tertiary/aromatic N) is 1. The van der Waals surface area contributed by atoms with E-state index in [4.69, 9.17) is 0 Å². The van der Waals surface area contributed by atoms with Crippen molar-refractivity contribution in [1.29, 1.82) is 0 Å². The van der Waals surface area contributed by atoms with Crippen molar-refractivity contribution in [1.82, 2.24) is 10.6 Å². The summed E-state index contributed by atoms with van der Waals surface area (Å²) in [6.07, 6.45) is 0.451. The van der Waals surface area contributed by atoms with Crippen LogP contribution < -0.4 is 15.5 Å². The Labute approximate surface area is 154 Å². The maximum atomic E-state index is 12.9. The number of anilines is 1. The van der Waals surface area contributed by atoms with Crippen LogP contribution in [0.5, 0.6) is 0 Å². The molecule has 0 aliphatic rings. The summed E-state index contributed by atoms with van der Waals surface area (Å²) < 4.78 is 0. The largest absolute Gasteiger partial charge is 0.343 e. The van der Waals surface area contributed by atoms with Crippen molar-refractivity contribution in [3.05, 3.63) is 66.2 Å². The van der Waals surface area contributed by atoms with Gasteiger partial charge >= 0.3 is 0 Å². The first kappa shape index (κ1) is 20.7. The third kappa shape index (κ3) is 6.21. The number of amides is 2. The van der Waals surface area contributed by atoms with Gasteiger partial charge in [-0.2, -0.15) is 0 Å². The van der Waals surface area contributed by atoms with Crippen LogP contribution in [-0.2, 0) is 16.0 Å². The second-order valence-electron chi connectivity index (χ2n) is 5.57. The molecule has 0 fully saturated rings. The molecule has 0 heterocycles. The highest BCUT2D eigenvalue weighted by atomic mass is 35.5. The number of rotatable bonds is 7. The van der Waals surface area contributed by atoms with E-state index in [0.717, 1.165) is 11.3 Å².